The number of nitrogens with one attached hydrogen (secondary N) is 1. The Morgan fingerprint density at radius 2 is 2.00 bits per heavy atom. The molecule has 5 heteroatoms. The molecule has 0 saturated carbocycles. The van der Waals surface area contributed by atoms with Crippen molar-refractivity contribution in [3.63, 3.8) is 0 Å². The fourth-order valence-electron chi connectivity index (χ4n) is 2.48. The van der Waals surface area contributed by atoms with Gasteiger partial charge in [-0.1, -0.05) is 32.0 Å². The SMILES string of the molecule is Cc1ccccc1-n1ncc(C(=O)NCC(C)(C)CCO)c1C. The molecule has 0 bridgehead atoms. The van der Waals surface area contributed by atoms with Gasteiger partial charge in [-0.05, 0) is 37.3 Å². The van der Waals surface area contributed by atoms with Crippen LogP contribution in [-0.2, 0) is 0 Å². The van der Waals surface area contributed by atoms with Crippen molar-refractivity contribution in [2.24, 2.45) is 5.41 Å². The first-order valence-electron chi connectivity index (χ1n) is 7.85. The maximum atomic E-state index is 12.4. The predicted octanol–water partition coefficient (Wildman–Crippen LogP) is 2.63. The number of nitrogens with zero attached hydrogens (tertiary/aromatic N) is 2. The molecule has 1 amide bonds. The number of hydrogen-bond donors (Lipinski definition) is 2. The Morgan fingerprint density at radius 3 is 2.65 bits per heavy atom. The molecule has 0 aliphatic rings. The van der Waals surface area contributed by atoms with Gasteiger partial charge >= 0.3 is 0 Å². The van der Waals surface area contributed by atoms with E-state index in [0.717, 1.165) is 16.9 Å². The summed E-state index contributed by atoms with van der Waals surface area (Å²) in [4.78, 5) is 12.4. The summed E-state index contributed by atoms with van der Waals surface area (Å²) >= 11 is 0. The molecule has 0 aliphatic heterocycles. The highest BCUT2D eigenvalue weighted by Gasteiger charge is 2.21. The van der Waals surface area contributed by atoms with Crippen LogP contribution in [0.4, 0.5) is 0 Å². The van der Waals surface area contributed by atoms with Crippen molar-refractivity contribution in [1.29, 1.82) is 0 Å². The molecular formula is C18H25N3O2. The van der Waals surface area contributed by atoms with Crippen molar-refractivity contribution in [1.82, 2.24) is 15.1 Å². The van der Waals surface area contributed by atoms with Crippen LogP contribution in [0.2, 0.25) is 0 Å². The standard InChI is InChI=1S/C18H25N3O2/c1-13-7-5-6-8-16(13)21-14(2)15(11-20-21)17(23)19-12-18(3,4)9-10-22/h5-8,11,22H,9-10,12H2,1-4H3,(H,19,23). The highest BCUT2D eigenvalue weighted by atomic mass is 16.3. The minimum absolute atomic E-state index is 0.118. The smallest absolute Gasteiger partial charge is 0.254 e. The lowest BCUT2D eigenvalue weighted by Crippen LogP contribution is -2.34. The monoisotopic (exact) mass is 315 g/mol. The number of aliphatic hydroxyl groups excluding tert-OH is 1. The van der Waals surface area contributed by atoms with Crippen LogP contribution in [0.5, 0.6) is 0 Å². The summed E-state index contributed by atoms with van der Waals surface area (Å²) in [7, 11) is 0. The summed E-state index contributed by atoms with van der Waals surface area (Å²) in [5.41, 5.74) is 3.34. The number of aromatic nitrogens is 2. The van der Waals surface area contributed by atoms with Crippen LogP contribution in [0.1, 0.15) is 41.9 Å². The maximum Gasteiger partial charge on any atom is 0.254 e. The first-order chi connectivity index (χ1) is 10.9. The average Bonchev–Trinajstić information content (AvgIpc) is 2.87. The van der Waals surface area contributed by atoms with E-state index in [9.17, 15) is 4.79 Å². The second kappa shape index (κ2) is 6.96. The van der Waals surface area contributed by atoms with E-state index in [0.29, 0.717) is 18.5 Å². The van der Waals surface area contributed by atoms with E-state index < -0.39 is 0 Å². The molecule has 1 heterocycles. The Morgan fingerprint density at radius 1 is 1.30 bits per heavy atom. The second-order valence-corrected chi connectivity index (χ2v) is 6.66. The molecule has 5 nitrogen and oxygen atoms in total. The van der Waals surface area contributed by atoms with Crippen LogP contribution in [0, 0.1) is 19.3 Å². The average molecular weight is 315 g/mol. The second-order valence-electron chi connectivity index (χ2n) is 6.66. The van der Waals surface area contributed by atoms with Crippen LogP contribution < -0.4 is 5.32 Å². The molecule has 1 aromatic heterocycles. The molecule has 23 heavy (non-hydrogen) atoms. The minimum Gasteiger partial charge on any atom is -0.396 e. The van der Waals surface area contributed by atoms with Gasteiger partial charge in [0, 0.05) is 13.2 Å². The molecule has 2 aromatic rings. The Labute approximate surface area is 137 Å². The van der Waals surface area contributed by atoms with Gasteiger partial charge in [0.25, 0.3) is 5.91 Å². The summed E-state index contributed by atoms with van der Waals surface area (Å²) in [6.07, 6.45) is 2.25. The van der Waals surface area contributed by atoms with E-state index in [4.69, 9.17) is 5.11 Å². The summed E-state index contributed by atoms with van der Waals surface area (Å²) in [6, 6.07) is 7.95. The van der Waals surface area contributed by atoms with E-state index in [-0.39, 0.29) is 17.9 Å². The molecule has 0 unspecified atom stereocenters. The molecule has 1 aromatic carbocycles. The van der Waals surface area contributed by atoms with Gasteiger partial charge < -0.3 is 10.4 Å². The quantitative estimate of drug-likeness (QED) is 0.861. The molecule has 0 radical (unpaired) electrons. The number of hydrogen-bond acceptors (Lipinski definition) is 3. The van der Waals surface area contributed by atoms with Crippen LogP contribution >= 0.6 is 0 Å². The van der Waals surface area contributed by atoms with Gasteiger partial charge in [-0.15, -0.1) is 0 Å². The third kappa shape index (κ3) is 3.99. The summed E-state index contributed by atoms with van der Waals surface area (Å²) in [5, 5.41) is 16.4. The molecule has 0 saturated heterocycles. The van der Waals surface area contributed by atoms with Crippen LogP contribution in [0.3, 0.4) is 0 Å². The van der Waals surface area contributed by atoms with E-state index >= 15 is 0 Å². The van der Waals surface area contributed by atoms with Gasteiger partial charge in [0.15, 0.2) is 0 Å². The third-order valence-corrected chi connectivity index (χ3v) is 4.11. The van der Waals surface area contributed by atoms with Crippen molar-refractivity contribution < 1.29 is 9.90 Å². The van der Waals surface area contributed by atoms with Gasteiger partial charge in [0.2, 0.25) is 0 Å². The number of carbonyl (C=O) groups excluding carboxylic acids is 1. The molecular weight excluding hydrogens is 290 g/mol. The van der Waals surface area contributed by atoms with Crippen molar-refractivity contribution in [2.45, 2.75) is 34.1 Å². The highest BCUT2D eigenvalue weighted by molar-refractivity contribution is 5.95. The molecule has 0 aliphatic carbocycles. The normalized spacial score (nSPS) is 11.5. The predicted molar refractivity (Wildman–Crippen MR) is 90.9 cm³/mol. The third-order valence-electron chi connectivity index (χ3n) is 4.11. The number of rotatable bonds is 6. The first-order valence-corrected chi connectivity index (χ1v) is 7.85. The number of aliphatic hydroxyl groups is 1. The minimum atomic E-state index is -0.135. The first kappa shape index (κ1) is 17.2. The highest BCUT2D eigenvalue weighted by Crippen LogP contribution is 2.20. The Kier molecular flexibility index (Phi) is 5.21. The number of amides is 1. The van der Waals surface area contributed by atoms with Crippen molar-refractivity contribution in [2.75, 3.05) is 13.2 Å². The lowest BCUT2D eigenvalue weighted by atomic mass is 9.89. The summed E-state index contributed by atoms with van der Waals surface area (Å²) in [6.45, 7) is 8.59. The number of para-hydroxylation sites is 1. The zero-order chi connectivity index (χ0) is 17.0. The summed E-state index contributed by atoms with van der Waals surface area (Å²) < 4.78 is 1.79. The molecule has 0 atom stereocenters. The van der Waals surface area contributed by atoms with Gasteiger partial charge in [-0.3, -0.25) is 4.79 Å². The van der Waals surface area contributed by atoms with Crippen molar-refractivity contribution >= 4 is 5.91 Å². The lowest BCUT2D eigenvalue weighted by Gasteiger charge is -2.23. The van der Waals surface area contributed by atoms with E-state index in [2.05, 4.69) is 10.4 Å². The van der Waals surface area contributed by atoms with Crippen LogP contribution in [0.25, 0.3) is 5.69 Å². The Bertz CT molecular complexity index is 689. The summed E-state index contributed by atoms with van der Waals surface area (Å²) in [5.74, 6) is -0.131. The van der Waals surface area contributed by atoms with Gasteiger partial charge in [-0.25, -0.2) is 4.68 Å². The van der Waals surface area contributed by atoms with Crippen LogP contribution in [0.15, 0.2) is 30.5 Å². The van der Waals surface area contributed by atoms with Crippen molar-refractivity contribution in [3.8, 4) is 5.69 Å². The topological polar surface area (TPSA) is 67.2 Å². The number of aryl methyl sites for hydroxylation is 1. The van der Waals surface area contributed by atoms with Gasteiger partial charge in [0.05, 0.1) is 23.1 Å². The molecule has 124 valence electrons. The van der Waals surface area contributed by atoms with Crippen molar-refractivity contribution in [3.05, 3.63) is 47.3 Å². The lowest BCUT2D eigenvalue weighted by molar-refractivity contribution is 0.0927. The number of benzene rings is 1. The fourth-order valence-corrected chi connectivity index (χ4v) is 2.48. The zero-order valence-electron chi connectivity index (χ0n) is 14.3. The van der Waals surface area contributed by atoms with Crippen LogP contribution in [-0.4, -0.2) is 33.9 Å². The largest absolute Gasteiger partial charge is 0.396 e. The van der Waals surface area contributed by atoms with Gasteiger partial charge in [-0.2, -0.15) is 5.10 Å². The Hall–Kier alpha value is -2.14. The molecule has 0 fully saturated rings. The van der Waals surface area contributed by atoms with E-state index in [1.807, 2.05) is 52.0 Å². The van der Waals surface area contributed by atoms with E-state index in [1.54, 1.807) is 10.9 Å². The Balaban J connectivity index is 2.16. The maximum absolute atomic E-state index is 12.4. The molecule has 2 rings (SSSR count). The van der Waals surface area contributed by atoms with Gasteiger partial charge in [0.1, 0.15) is 0 Å². The molecule has 0 spiro atoms. The zero-order valence-corrected chi connectivity index (χ0v) is 14.3. The van der Waals surface area contributed by atoms with E-state index in [1.165, 1.54) is 0 Å². The fraction of sp³-hybridized carbons (Fsp3) is 0.444. The molecule has 2 N–H and O–H groups in total. The number of carbonyl (C=O) groups is 1.